The summed E-state index contributed by atoms with van der Waals surface area (Å²) >= 11 is 5.98. The number of aryl methyl sites for hydroxylation is 1. The Balaban J connectivity index is 1.67. The fraction of sp³-hybridized carbons (Fsp3) is 0.381. The molecule has 0 radical (unpaired) electrons. The maximum Gasteiger partial charge on any atom is 0.262 e. The van der Waals surface area contributed by atoms with Crippen molar-refractivity contribution in [3.05, 3.63) is 52.5 Å². The predicted octanol–water partition coefficient (Wildman–Crippen LogP) is 4.23. The van der Waals surface area contributed by atoms with Crippen molar-refractivity contribution in [2.24, 2.45) is 0 Å². The summed E-state index contributed by atoms with van der Waals surface area (Å²) in [6, 6.07) is 9.72. The second-order valence-corrected chi connectivity index (χ2v) is 9.60. The summed E-state index contributed by atoms with van der Waals surface area (Å²) in [6.07, 6.45) is 3.89. The number of anilines is 1. The van der Waals surface area contributed by atoms with Gasteiger partial charge in [-0.1, -0.05) is 17.7 Å². The molecule has 1 fully saturated rings. The van der Waals surface area contributed by atoms with Crippen LogP contribution in [0.1, 0.15) is 41.6 Å². The van der Waals surface area contributed by atoms with E-state index in [0.717, 1.165) is 32.2 Å². The van der Waals surface area contributed by atoms with Crippen molar-refractivity contribution in [3.8, 4) is 5.75 Å². The second-order valence-electron chi connectivity index (χ2n) is 7.51. The number of rotatable bonds is 3. The maximum atomic E-state index is 13.2. The molecule has 2 heterocycles. The topological polar surface area (TPSA) is 75.7 Å². The molecular formula is C21H23ClN2O4S. The van der Waals surface area contributed by atoms with Gasteiger partial charge in [0.15, 0.2) is 0 Å². The number of hydrogen-bond acceptors (Lipinski definition) is 4. The summed E-state index contributed by atoms with van der Waals surface area (Å²) in [7, 11) is -3.85. The molecule has 1 N–H and O–H groups in total. The van der Waals surface area contributed by atoms with E-state index in [1.165, 1.54) is 6.07 Å². The number of nitrogens with zero attached hydrogens (tertiary/aromatic N) is 1. The molecule has 6 nitrogen and oxygen atoms in total. The molecule has 2 aliphatic heterocycles. The van der Waals surface area contributed by atoms with Crippen LogP contribution in [0.5, 0.6) is 5.75 Å². The van der Waals surface area contributed by atoms with Crippen LogP contribution in [-0.4, -0.2) is 38.4 Å². The molecule has 0 spiro atoms. The van der Waals surface area contributed by atoms with Crippen molar-refractivity contribution < 1.29 is 17.9 Å². The third kappa shape index (κ3) is 4.07. The average molecular weight is 435 g/mol. The summed E-state index contributed by atoms with van der Waals surface area (Å²) < 4.78 is 34.1. The number of carbonyl (C=O) groups excluding carboxylic acids is 1. The Morgan fingerprint density at radius 1 is 1.14 bits per heavy atom. The summed E-state index contributed by atoms with van der Waals surface area (Å²) in [5.74, 6) is 0.380. The van der Waals surface area contributed by atoms with Crippen molar-refractivity contribution in [3.63, 3.8) is 0 Å². The van der Waals surface area contributed by atoms with Crippen molar-refractivity contribution in [2.45, 2.75) is 43.5 Å². The molecule has 1 amide bonds. The lowest BCUT2D eigenvalue weighted by atomic mass is 9.97. The molecule has 1 saturated heterocycles. The first kappa shape index (κ1) is 20.0. The highest BCUT2D eigenvalue weighted by atomic mass is 35.5. The van der Waals surface area contributed by atoms with Gasteiger partial charge < -0.3 is 9.64 Å². The number of hydrogen-bond donors (Lipinski definition) is 1. The van der Waals surface area contributed by atoms with E-state index in [4.69, 9.17) is 16.3 Å². The molecule has 2 aromatic rings. The fourth-order valence-corrected chi connectivity index (χ4v) is 5.55. The van der Waals surface area contributed by atoms with Crippen LogP contribution in [0.15, 0.2) is 41.3 Å². The Hall–Kier alpha value is -2.25. The van der Waals surface area contributed by atoms with Gasteiger partial charge in [0, 0.05) is 29.7 Å². The smallest absolute Gasteiger partial charge is 0.262 e. The van der Waals surface area contributed by atoms with Gasteiger partial charge in [-0.15, -0.1) is 0 Å². The number of sulfonamides is 1. The molecule has 154 valence electrons. The third-order valence-electron chi connectivity index (χ3n) is 5.50. The summed E-state index contributed by atoms with van der Waals surface area (Å²) in [6.45, 7) is 2.97. The fourth-order valence-electron chi connectivity index (χ4n) is 3.99. The van der Waals surface area contributed by atoms with Gasteiger partial charge in [-0.05, 0) is 62.1 Å². The Labute approximate surface area is 175 Å². The van der Waals surface area contributed by atoms with Gasteiger partial charge in [0.2, 0.25) is 0 Å². The van der Waals surface area contributed by atoms with Crippen LogP contribution in [-0.2, 0) is 10.0 Å². The molecule has 0 aliphatic carbocycles. The molecule has 4 rings (SSSR count). The van der Waals surface area contributed by atoms with Gasteiger partial charge in [-0.2, -0.15) is 0 Å². The van der Waals surface area contributed by atoms with E-state index in [1.807, 2.05) is 4.90 Å². The molecule has 1 unspecified atom stereocenters. The van der Waals surface area contributed by atoms with Crippen molar-refractivity contribution in [1.29, 1.82) is 0 Å². The van der Waals surface area contributed by atoms with Crippen molar-refractivity contribution >= 4 is 33.2 Å². The van der Waals surface area contributed by atoms with E-state index in [-0.39, 0.29) is 16.8 Å². The number of ether oxygens (including phenoxy) is 1. The largest absolute Gasteiger partial charge is 0.493 e. The standard InChI is InChI=1S/C21H23ClN2O4S/c1-14-5-6-15(22)12-20(14)29(26,27)23-16-7-8-19-18(13-16)21(25)24-10-3-2-4-17(24)9-11-28-19/h5-8,12-13,17,23H,2-4,9-11H2,1H3. The lowest BCUT2D eigenvalue weighted by Crippen LogP contribution is -2.45. The molecule has 29 heavy (non-hydrogen) atoms. The van der Waals surface area contributed by atoms with Crippen LogP contribution in [0.2, 0.25) is 5.02 Å². The highest BCUT2D eigenvalue weighted by molar-refractivity contribution is 7.92. The van der Waals surface area contributed by atoms with Crippen molar-refractivity contribution in [2.75, 3.05) is 17.9 Å². The summed E-state index contributed by atoms with van der Waals surface area (Å²) in [5, 5.41) is 0.342. The molecule has 0 aromatic heterocycles. The number of fused-ring (bicyclic) bond motifs is 2. The second kappa shape index (κ2) is 7.88. The van der Waals surface area contributed by atoms with Crippen LogP contribution < -0.4 is 9.46 Å². The monoisotopic (exact) mass is 434 g/mol. The Kier molecular flexibility index (Phi) is 5.44. The summed E-state index contributed by atoms with van der Waals surface area (Å²) in [5.41, 5.74) is 1.29. The van der Waals surface area contributed by atoms with Crippen LogP contribution in [0.4, 0.5) is 5.69 Å². The third-order valence-corrected chi connectivity index (χ3v) is 7.26. The number of piperidine rings is 1. The van der Waals surface area contributed by atoms with E-state index < -0.39 is 10.0 Å². The van der Waals surface area contributed by atoms with E-state index in [0.29, 0.717) is 34.2 Å². The minimum atomic E-state index is -3.85. The van der Waals surface area contributed by atoms with Crippen LogP contribution >= 0.6 is 11.6 Å². The maximum absolute atomic E-state index is 13.2. The predicted molar refractivity (Wildman–Crippen MR) is 112 cm³/mol. The minimum absolute atomic E-state index is 0.107. The van der Waals surface area contributed by atoms with E-state index in [2.05, 4.69) is 4.72 Å². The van der Waals surface area contributed by atoms with Gasteiger partial charge in [-0.3, -0.25) is 9.52 Å². The zero-order valence-corrected chi connectivity index (χ0v) is 17.7. The Morgan fingerprint density at radius 2 is 1.97 bits per heavy atom. The molecule has 0 bridgehead atoms. The van der Waals surface area contributed by atoms with Gasteiger partial charge in [0.05, 0.1) is 17.1 Å². The van der Waals surface area contributed by atoms with Gasteiger partial charge in [0.25, 0.3) is 15.9 Å². The number of halogens is 1. The van der Waals surface area contributed by atoms with Gasteiger partial charge in [0.1, 0.15) is 5.75 Å². The Morgan fingerprint density at radius 3 is 2.79 bits per heavy atom. The van der Waals surface area contributed by atoms with E-state index >= 15 is 0 Å². The van der Waals surface area contributed by atoms with Crippen molar-refractivity contribution in [1.82, 2.24) is 4.90 Å². The minimum Gasteiger partial charge on any atom is -0.493 e. The SMILES string of the molecule is Cc1ccc(Cl)cc1S(=O)(=O)Nc1ccc2c(c1)C(=O)N1CCCCC1CCO2. The highest BCUT2D eigenvalue weighted by Crippen LogP contribution is 2.32. The lowest BCUT2D eigenvalue weighted by Gasteiger charge is -2.37. The highest BCUT2D eigenvalue weighted by Gasteiger charge is 2.31. The van der Waals surface area contributed by atoms with Crippen LogP contribution in [0, 0.1) is 6.92 Å². The number of carbonyl (C=O) groups is 1. The normalized spacial score (nSPS) is 19.4. The molecule has 1 atom stereocenters. The molecule has 2 aromatic carbocycles. The zero-order chi connectivity index (χ0) is 20.6. The molecule has 0 saturated carbocycles. The van der Waals surface area contributed by atoms with Gasteiger partial charge >= 0.3 is 0 Å². The van der Waals surface area contributed by atoms with Crippen LogP contribution in [0.3, 0.4) is 0 Å². The molecular weight excluding hydrogens is 412 g/mol. The first-order chi connectivity index (χ1) is 13.8. The average Bonchev–Trinajstić information content (AvgIpc) is 2.69. The quantitative estimate of drug-likeness (QED) is 0.784. The first-order valence-corrected chi connectivity index (χ1v) is 11.6. The van der Waals surface area contributed by atoms with E-state index in [9.17, 15) is 13.2 Å². The van der Waals surface area contributed by atoms with Crippen LogP contribution in [0.25, 0.3) is 0 Å². The summed E-state index contributed by atoms with van der Waals surface area (Å²) in [4.78, 5) is 15.2. The molecule has 2 aliphatic rings. The zero-order valence-electron chi connectivity index (χ0n) is 16.2. The molecule has 8 heteroatoms. The van der Waals surface area contributed by atoms with Gasteiger partial charge in [-0.25, -0.2) is 8.42 Å². The first-order valence-electron chi connectivity index (χ1n) is 9.72. The Bertz CT molecular complexity index is 1050. The number of benzene rings is 2. The number of nitrogens with one attached hydrogen (secondary N) is 1. The lowest BCUT2D eigenvalue weighted by molar-refractivity contribution is 0.0548. The van der Waals surface area contributed by atoms with E-state index in [1.54, 1.807) is 37.3 Å². The number of amides is 1.